The van der Waals surface area contributed by atoms with Gasteiger partial charge in [0.1, 0.15) is 5.82 Å². The fourth-order valence-corrected chi connectivity index (χ4v) is 3.01. The average Bonchev–Trinajstić information content (AvgIpc) is 2.55. The van der Waals surface area contributed by atoms with Gasteiger partial charge in [-0.3, -0.25) is 0 Å². The molecule has 0 radical (unpaired) electrons. The Morgan fingerprint density at radius 3 is 2.59 bits per heavy atom. The van der Waals surface area contributed by atoms with E-state index in [1.54, 1.807) is 0 Å². The Kier molecular flexibility index (Phi) is 4.68. The Labute approximate surface area is 132 Å². The quantitative estimate of drug-likeness (QED) is 0.910. The molecule has 3 rings (SSSR count). The highest BCUT2D eigenvalue weighted by Crippen LogP contribution is 2.22. The number of hydrogen-bond donors (Lipinski definition) is 2. The minimum absolute atomic E-state index is 0.738. The van der Waals surface area contributed by atoms with Gasteiger partial charge in [0.05, 0.1) is 5.69 Å². The highest BCUT2D eigenvalue weighted by Gasteiger charge is 2.12. The summed E-state index contributed by atoms with van der Waals surface area (Å²) in [6, 6.07) is 10.5. The third-order valence-corrected chi connectivity index (χ3v) is 4.35. The van der Waals surface area contributed by atoms with Crippen molar-refractivity contribution in [2.24, 2.45) is 5.92 Å². The van der Waals surface area contributed by atoms with Gasteiger partial charge in [-0.05, 0) is 63.4 Å². The minimum Gasteiger partial charge on any atom is -0.368 e. The zero-order valence-electron chi connectivity index (χ0n) is 13.4. The van der Waals surface area contributed by atoms with Crippen molar-refractivity contribution in [2.75, 3.05) is 25.0 Å². The number of aryl methyl sites for hydroxylation is 2. The van der Waals surface area contributed by atoms with Crippen LogP contribution in [0.3, 0.4) is 0 Å². The first-order valence-electron chi connectivity index (χ1n) is 8.08. The molecular weight excluding hydrogens is 272 g/mol. The molecule has 0 bridgehead atoms. The maximum Gasteiger partial charge on any atom is 0.148 e. The summed E-state index contributed by atoms with van der Waals surface area (Å²) < 4.78 is 0. The van der Waals surface area contributed by atoms with Gasteiger partial charge < -0.3 is 10.6 Å². The number of rotatable bonds is 4. The van der Waals surface area contributed by atoms with Crippen molar-refractivity contribution in [2.45, 2.75) is 26.7 Å². The first-order chi connectivity index (χ1) is 10.7. The summed E-state index contributed by atoms with van der Waals surface area (Å²) in [5, 5.41) is 15.5. The minimum atomic E-state index is 0.738. The zero-order chi connectivity index (χ0) is 15.4. The van der Waals surface area contributed by atoms with Crippen molar-refractivity contribution in [3.05, 3.63) is 41.5 Å². The molecule has 0 spiro atoms. The van der Waals surface area contributed by atoms with E-state index in [0.717, 1.165) is 42.6 Å². The summed E-state index contributed by atoms with van der Waals surface area (Å²) in [5.74, 6) is 1.61. The summed E-state index contributed by atoms with van der Waals surface area (Å²) in [6.07, 6.45) is 2.47. The van der Waals surface area contributed by atoms with Crippen molar-refractivity contribution < 1.29 is 0 Å². The van der Waals surface area contributed by atoms with Gasteiger partial charge in [-0.25, -0.2) is 0 Å². The van der Waals surface area contributed by atoms with Crippen LogP contribution in [-0.2, 0) is 0 Å². The van der Waals surface area contributed by atoms with Gasteiger partial charge in [0.15, 0.2) is 0 Å². The van der Waals surface area contributed by atoms with E-state index in [2.05, 4.69) is 58.9 Å². The number of benzene rings is 1. The molecule has 0 amide bonds. The van der Waals surface area contributed by atoms with Crippen LogP contribution < -0.4 is 10.6 Å². The van der Waals surface area contributed by atoms with Crippen molar-refractivity contribution in [3.63, 3.8) is 0 Å². The smallest absolute Gasteiger partial charge is 0.148 e. The van der Waals surface area contributed by atoms with Crippen LogP contribution in [-0.4, -0.2) is 29.8 Å². The van der Waals surface area contributed by atoms with Gasteiger partial charge in [0, 0.05) is 12.1 Å². The third-order valence-electron chi connectivity index (χ3n) is 4.35. The molecule has 1 aromatic heterocycles. The lowest BCUT2D eigenvalue weighted by Crippen LogP contribution is -2.31. The van der Waals surface area contributed by atoms with E-state index < -0.39 is 0 Å². The Morgan fingerprint density at radius 2 is 1.91 bits per heavy atom. The molecule has 0 unspecified atom stereocenters. The number of nitrogens with zero attached hydrogens (tertiary/aromatic N) is 2. The largest absolute Gasteiger partial charge is 0.368 e. The fraction of sp³-hybridized carbons (Fsp3) is 0.444. The van der Waals surface area contributed by atoms with Crippen LogP contribution in [0.1, 0.15) is 24.0 Å². The van der Waals surface area contributed by atoms with Crippen molar-refractivity contribution in [1.82, 2.24) is 15.5 Å². The second-order valence-corrected chi connectivity index (χ2v) is 6.20. The van der Waals surface area contributed by atoms with Gasteiger partial charge in [0.25, 0.3) is 0 Å². The fourth-order valence-electron chi connectivity index (χ4n) is 3.01. The molecule has 1 aromatic carbocycles. The average molecular weight is 296 g/mol. The van der Waals surface area contributed by atoms with E-state index >= 15 is 0 Å². The Bertz CT molecular complexity index is 615. The second-order valence-electron chi connectivity index (χ2n) is 6.20. The first kappa shape index (κ1) is 15.0. The number of aromatic nitrogens is 2. The topological polar surface area (TPSA) is 49.8 Å². The highest BCUT2D eigenvalue weighted by atomic mass is 15.2. The molecule has 4 heteroatoms. The molecular formula is C18H24N4. The molecule has 1 saturated heterocycles. The molecule has 22 heavy (non-hydrogen) atoms. The molecule has 2 aromatic rings. The van der Waals surface area contributed by atoms with Crippen LogP contribution in [0.25, 0.3) is 11.3 Å². The molecule has 116 valence electrons. The first-order valence-corrected chi connectivity index (χ1v) is 8.08. The molecule has 0 atom stereocenters. The number of piperidine rings is 1. The normalized spacial score (nSPS) is 15.7. The van der Waals surface area contributed by atoms with Crippen LogP contribution in [0.2, 0.25) is 0 Å². The van der Waals surface area contributed by atoms with Crippen LogP contribution in [0.15, 0.2) is 30.3 Å². The highest BCUT2D eigenvalue weighted by molar-refractivity contribution is 5.64. The summed E-state index contributed by atoms with van der Waals surface area (Å²) in [7, 11) is 0. The van der Waals surface area contributed by atoms with E-state index in [4.69, 9.17) is 0 Å². The Balaban J connectivity index is 1.64. The van der Waals surface area contributed by atoms with Crippen molar-refractivity contribution in [3.8, 4) is 11.3 Å². The Morgan fingerprint density at radius 1 is 1.09 bits per heavy atom. The zero-order valence-corrected chi connectivity index (χ0v) is 13.4. The lowest BCUT2D eigenvalue weighted by Gasteiger charge is -2.22. The summed E-state index contributed by atoms with van der Waals surface area (Å²) in [5.41, 5.74) is 4.60. The predicted octanol–water partition coefficient (Wildman–Crippen LogP) is 3.17. The molecule has 2 N–H and O–H groups in total. The van der Waals surface area contributed by atoms with Gasteiger partial charge in [0.2, 0.25) is 0 Å². The summed E-state index contributed by atoms with van der Waals surface area (Å²) in [6.45, 7) is 7.47. The summed E-state index contributed by atoms with van der Waals surface area (Å²) >= 11 is 0. The maximum absolute atomic E-state index is 4.38. The molecule has 1 aliphatic rings. The molecule has 0 aliphatic carbocycles. The van der Waals surface area contributed by atoms with E-state index in [1.165, 1.54) is 24.0 Å². The monoisotopic (exact) mass is 296 g/mol. The van der Waals surface area contributed by atoms with E-state index in [-0.39, 0.29) is 0 Å². The molecule has 1 aliphatic heterocycles. The van der Waals surface area contributed by atoms with E-state index in [9.17, 15) is 0 Å². The standard InChI is InChI=1S/C18H24N4/c1-13-3-4-16(14(2)11-13)17-5-6-18(22-21-17)20-12-15-7-9-19-10-8-15/h3-6,11,15,19H,7-10,12H2,1-2H3,(H,20,22). The molecule has 0 saturated carbocycles. The Hall–Kier alpha value is -1.94. The molecule has 2 heterocycles. The lowest BCUT2D eigenvalue weighted by atomic mass is 9.98. The number of nitrogens with one attached hydrogen (secondary N) is 2. The predicted molar refractivity (Wildman–Crippen MR) is 91.0 cm³/mol. The van der Waals surface area contributed by atoms with Gasteiger partial charge in [-0.2, -0.15) is 0 Å². The van der Waals surface area contributed by atoms with Gasteiger partial charge >= 0.3 is 0 Å². The van der Waals surface area contributed by atoms with Crippen molar-refractivity contribution in [1.29, 1.82) is 0 Å². The summed E-state index contributed by atoms with van der Waals surface area (Å²) in [4.78, 5) is 0. The van der Waals surface area contributed by atoms with Crippen LogP contribution in [0.4, 0.5) is 5.82 Å². The third kappa shape index (κ3) is 3.63. The van der Waals surface area contributed by atoms with Gasteiger partial charge in [-0.1, -0.05) is 23.8 Å². The number of anilines is 1. The van der Waals surface area contributed by atoms with E-state index in [1.807, 2.05) is 6.07 Å². The second kappa shape index (κ2) is 6.88. The van der Waals surface area contributed by atoms with Crippen LogP contribution in [0, 0.1) is 19.8 Å². The molecule has 4 nitrogen and oxygen atoms in total. The maximum atomic E-state index is 4.38. The van der Waals surface area contributed by atoms with Gasteiger partial charge in [-0.15, -0.1) is 10.2 Å². The van der Waals surface area contributed by atoms with E-state index in [0.29, 0.717) is 0 Å². The van der Waals surface area contributed by atoms with Crippen LogP contribution >= 0.6 is 0 Å². The van der Waals surface area contributed by atoms with Crippen LogP contribution in [0.5, 0.6) is 0 Å². The van der Waals surface area contributed by atoms with Crippen molar-refractivity contribution >= 4 is 5.82 Å². The molecule has 1 fully saturated rings. The SMILES string of the molecule is Cc1ccc(-c2ccc(NCC3CCNCC3)nn2)c(C)c1. The number of hydrogen-bond acceptors (Lipinski definition) is 4. The lowest BCUT2D eigenvalue weighted by molar-refractivity contribution is 0.389.